The molecule has 0 saturated heterocycles. The first kappa shape index (κ1) is 24.8. The first-order valence-electron chi connectivity index (χ1n) is 9.06. The Balaban J connectivity index is 0.00000625. The van der Waals surface area contributed by atoms with Crippen LogP contribution in [0.25, 0.3) is 0 Å². The summed E-state index contributed by atoms with van der Waals surface area (Å²) in [6.45, 7) is 9.43. The third-order valence-electron chi connectivity index (χ3n) is 4.22. The van der Waals surface area contributed by atoms with E-state index >= 15 is 0 Å². The normalized spacial score (nSPS) is 11.1. The van der Waals surface area contributed by atoms with Crippen molar-refractivity contribution in [3.8, 4) is 11.5 Å². The number of halogens is 1. The summed E-state index contributed by atoms with van der Waals surface area (Å²) < 4.78 is 10.6. The molecule has 0 atom stereocenters. The van der Waals surface area contributed by atoms with E-state index in [-0.39, 0.29) is 24.0 Å². The smallest absolute Gasteiger partial charge is 0.191 e. The van der Waals surface area contributed by atoms with E-state index in [2.05, 4.69) is 34.4 Å². The van der Waals surface area contributed by atoms with E-state index in [0.29, 0.717) is 6.54 Å². The van der Waals surface area contributed by atoms with Crippen molar-refractivity contribution in [3.63, 3.8) is 0 Å². The number of hydrogen-bond donors (Lipinski definition) is 2. The summed E-state index contributed by atoms with van der Waals surface area (Å²) in [5.74, 6) is 2.29. The molecule has 1 aromatic carbocycles. The molecule has 0 saturated carbocycles. The second kappa shape index (κ2) is 14.9. The van der Waals surface area contributed by atoms with E-state index in [0.717, 1.165) is 55.6 Å². The maximum absolute atomic E-state index is 5.34. The molecule has 2 N–H and O–H groups in total. The van der Waals surface area contributed by atoms with E-state index in [9.17, 15) is 0 Å². The molecule has 1 aromatic rings. The molecule has 0 fully saturated rings. The highest BCUT2D eigenvalue weighted by atomic mass is 127. The number of rotatable bonds is 11. The minimum absolute atomic E-state index is 0. The SMILES string of the molecule is CCN(CC)CCCCNC(=NC)NCc1ccc(OC)c(OC)c1.I. The average molecular weight is 478 g/mol. The number of hydrogen-bond acceptors (Lipinski definition) is 4. The van der Waals surface area contributed by atoms with Crippen LogP contribution in [0.4, 0.5) is 0 Å². The molecule has 26 heavy (non-hydrogen) atoms. The van der Waals surface area contributed by atoms with Crippen LogP contribution in [0.3, 0.4) is 0 Å². The maximum Gasteiger partial charge on any atom is 0.191 e. The Labute approximate surface area is 175 Å². The molecule has 0 aliphatic heterocycles. The lowest BCUT2D eigenvalue weighted by Crippen LogP contribution is -2.37. The van der Waals surface area contributed by atoms with Crippen molar-refractivity contribution in [1.82, 2.24) is 15.5 Å². The van der Waals surface area contributed by atoms with Gasteiger partial charge in [-0.05, 0) is 50.2 Å². The van der Waals surface area contributed by atoms with Crippen molar-refractivity contribution >= 4 is 29.9 Å². The summed E-state index contributed by atoms with van der Waals surface area (Å²) >= 11 is 0. The van der Waals surface area contributed by atoms with Gasteiger partial charge in [0.25, 0.3) is 0 Å². The van der Waals surface area contributed by atoms with Crippen molar-refractivity contribution in [2.45, 2.75) is 33.2 Å². The monoisotopic (exact) mass is 478 g/mol. The number of guanidine groups is 1. The molecule has 0 aliphatic carbocycles. The predicted octanol–water partition coefficient (Wildman–Crippen LogP) is 3.11. The number of aliphatic imine (C=N–C) groups is 1. The summed E-state index contributed by atoms with van der Waals surface area (Å²) in [6, 6.07) is 5.91. The van der Waals surface area contributed by atoms with E-state index in [4.69, 9.17) is 9.47 Å². The van der Waals surface area contributed by atoms with Gasteiger partial charge in [-0.1, -0.05) is 19.9 Å². The fourth-order valence-electron chi connectivity index (χ4n) is 2.60. The van der Waals surface area contributed by atoms with Crippen LogP contribution in [0.15, 0.2) is 23.2 Å². The Morgan fingerprint density at radius 1 is 1.04 bits per heavy atom. The Kier molecular flexibility index (Phi) is 14.2. The highest BCUT2D eigenvalue weighted by Crippen LogP contribution is 2.27. The molecular weight excluding hydrogens is 443 g/mol. The Hall–Kier alpha value is -1.22. The molecule has 0 unspecified atom stereocenters. The van der Waals surface area contributed by atoms with Gasteiger partial charge in [0.15, 0.2) is 17.5 Å². The van der Waals surface area contributed by atoms with Gasteiger partial charge in [-0.25, -0.2) is 0 Å². The fraction of sp³-hybridized carbons (Fsp3) is 0.632. The van der Waals surface area contributed by atoms with Gasteiger partial charge in [0.2, 0.25) is 0 Å². The highest BCUT2D eigenvalue weighted by molar-refractivity contribution is 14.0. The summed E-state index contributed by atoms with van der Waals surface area (Å²) in [6.07, 6.45) is 2.33. The van der Waals surface area contributed by atoms with Crippen LogP contribution in [0.2, 0.25) is 0 Å². The summed E-state index contributed by atoms with van der Waals surface area (Å²) in [7, 11) is 5.08. The first-order valence-corrected chi connectivity index (χ1v) is 9.06. The molecule has 0 amide bonds. The molecule has 0 spiro atoms. The van der Waals surface area contributed by atoms with Crippen molar-refractivity contribution in [2.75, 3.05) is 47.4 Å². The third-order valence-corrected chi connectivity index (χ3v) is 4.22. The van der Waals surface area contributed by atoms with Crippen LogP contribution in [-0.2, 0) is 6.54 Å². The van der Waals surface area contributed by atoms with Crippen molar-refractivity contribution in [3.05, 3.63) is 23.8 Å². The number of nitrogens with one attached hydrogen (secondary N) is 2. The van der Waals surface area contributed by atoms with Crippen molar-refractivity contribution in [2.24, 2.45) is 4.99 Å². The van der Waals surface area contributed by atoms with Gasteiger partial charge in [-0.3, -0.25) is 4.99 Å². The molecule has 0 heterocycles. The highest BCUT2D eigenvalue weighted by Gasteiger charge is 2.05. The molecule has 0 aliphatic rings. The van der Waals surface area contributed by atoms with Gasteiger partial charge < -0.3 is 25.0 Å². The minimum atomic E-state index is 0. The third kappa shape index (κ3) is 8.93. The van der Waals surface area contributed by atoms with E-state index in [1.54, 1.807) is 21.3 Å². The topological polar surface area (TPSA) is 58.1 Å². The second-order valence-corrected chi connectivity index (χ2v) is 5.78. The molecule has 0 aromatic heterocycles. The fourth-order valence-corrected chi connectivity index (χ4v) is 2.60. The van der Waals surface area contributed by atoms with Crippen molar-refractivity contribution in [1.29, 1.82) is 0 Å². The van der Waals surface area contributed by atoms with Gasteiger partial charge in [0, 0.05) is 20.1 Å². The predicted molar refractivity (Wildman–Crippen MR) is 120 cm³/mol. The molecule has 1 rings (SSSR count). The lowest BCUT2D eigenvalue weighted by atomic mass is 10.2. The number of benzene rings is 1. The van der Waals surface area contributed by atoms with E-state index in [1.165, 1.54) is 6.42 Å². The molecular formula is C19H35IN4O2. The van der Waals surface area contributed by atoms with Crippen molar-refractivity contribution < 1.29 is 9.47 Å². The zero-order valence-corrected chi connectivity index (χ0v) is 19.1. The van der Waals surface area contributed by atoms with Crippen LogP contribution in [0.1, 0.15) is 32.3 Å². The van der Waals surface area contributed by atoms with Gasteiger partial charge in [0.1, 0.15) is 0 Å². The standard InChI is InChI=1S/C19H34N4O2.HI/c1-6-23(7-2)13-9-8-12-21-19(20-3)22-15-16-10-11-17(24-4)18(14-16)25-5;/h10-11,14H,6-9,12-13,15H2,1-5H3,(H2,20,21,22);1H. The quantitative estimate of drug-likeness (QED) is 0.222. The zero-order valence-electron chi connectivity index (χ0n) is 16.8. The van der Waals surface area contributed by atoms with Crippen LogP contribution >= 0.6 is 24.0 Å². The number of methoxy groups -OCH3 is 2. The zero-order chi connectivity index (χ0) is 18.5. The number of nitrogens with zero attached hydrogens (tertiary/aromatic N) is 2. The first-order chi connectivity index (χ1) is 12.2. The molecule has 7 heteroatoms. The van der Waals surface area contributed by atoms with Crippen LogP contribution < -0.4 is 20.1 Å². The largest absolute Gasteiger partial charge is 0.493 e. The number of unbranched alkanes of at least 4 members (excludes halogenated alkanes) is 1. The van der Waals surface area contributed by atoms with E-state index in [1.807, 2.05) is 18.2 Å². The lowest BCUT2D eigenvalue weighted by molar-refractivity contribution is 0.297. The maximum atomic E-state index is 5.34. The summed E-state index contributed by atoms with van der Waals surface area (Å²) in [4.78, 5) is 6.72. The van der Waals surface area contributed by atoms with E-state index < -0.39 is 0 Å². The average Bonchev–Trinajstić information content (AvgIpc) is 2.66. The van der Waals surface area contributed by atoms with Crippen LogP contribution in [-0.4, -0.2) is 58.3 Å². The number of ether oxygens (including phenoxy) is 2. The summed E-state index contributed by atoms with van der Waals surface area (Å²) in [5.41, 5.74) is 1.11. The second-order valence-electron chi connectivity index (χ2n) is 5.78. The molecule has 0 radical (unpaired) electrons. The molecule has 6 nitrogen and oxygen atoms in total. The Bertz CT molecular complexity index is 522. The van der Waals surface area contributed by atoms with Gasteiger partial charge >= 0.3 is 0 Å². The molecule has 0 bridgehead atoms. The van der Waals surface area contributed by atoms with Gasteiger partial charge in [-0.15, -0.1) is 24.0 Å². The van der Waals surface area contributed by atoms with Gasteiger partial charge in [-0.2, -0.15) is 0 Å². The summed E-state index contributed by atoms with van der Waals surface area (Å²) in [5, 5.41) is 6.69. The molecule has 150 valence electrons. The van der Waals surface area contributed by atoms with Crippen LogP contribution in [0, 0.1) is 0 Å². The Morgan fingerprint density at radius 2 is 1.73 bits per heavy atom. The minimum Gasteiger partial charge on any atom is -0.493 e. The Morgan fingerprint density at radius 3 is 2.31 bits per heavy atom. The van der Waals surface area contributed by atoms with Crippen LogP contribution in [0.5, 0.6) is 11.5 Å². The van der Waals surface area contributed by atoms with Gasteiger partial charge in [0.05, 0.1) is 14.2 Å². The lowest BCUT2D eigenvalue weighted by Gasteiger charge is -2.18.